The second-order valence-corrected chi connectivity index (χ2v) is 14.4. The first-order valence-electron chi connectivity index (χ1n) is 17.0. The van der Waals surface area contributed by atoms with Gasteiger partial charge in [-0.2, -0.15) is 4.58 Å². The number of fused-ring (bicyclic) bond motifs is 12. The summed E-state index contributed by atoms with van der Waals surface area (Å²) in [4.78, 5) is 26.5. The lowest BCUT2D eigenvalue weighted by Gasteiger charge is -2.28. The molecule has 2 aliphatic rings. The summed E-state index contributed by atoms with van der Waals surface area (Å²) < 4.78 is 2.23. The summed E-state index contributed by atoms with van der Waals surface area (Å²) in [6, 6.07) is 33.8. The highest BCUT2D eigenvalue weighted by Crippen LogP contribution is 2.56. The fourth-order valence-electron chi connectivity index (χ4n) is 8.77. The van der Waals surface area contributed by atoms with Gasteiger partial charge in [-0.3, -0.25) is 9.59 Å². The van der Waals surface area contributed by atoms with E-state index in [2.05, 4.69) is 140 Å². The van der Waals surface area contributed by atoms with Crippen molar-refractivity contribution in [3.8, 4) is 0 Å². The van der Waals surface area contributed by atoms with Crippen molar-refractivity contribution in [2.45, 2.75) is 51.4 Å². The third kappa shape index (κ3) is 4.50. The number of aliphatic carboxylic acids is 2. The molecule has 2 heterocycles. The summed E-state index contributed by atoms with van der Waals surface area (Å²) in [6.45, 7) is 9.57. The van der Waals surface area contributed by atoms with Crippen LogP contribution < -0.4 is 4.90 Å². The molecule has 6 heteroatoms. The summed E-state index contributed by atoms with van der Waals surface area (Å²) in [7, 11) is 0. The van der Waals surface area contributed by atoms with Crippen molar-refractivity contribution >= 4 is 72.1 Å². The van der Waals surface area contributed by atoms with Gasteiger partial charge in [0.1, 0.15) is 6.42 Å². The number of allylic oxidation sites excluding steroid dienone is 2. The van der Waals surface area contributed by atoms with E-state index < -0.39 is 22.8 Å². The van der Waals surface area contributed by atoms with Crippen molar-refractivity contribution in [1.82, 2.24) is 0 Å². The molecule has 0 atom stereocenters. The van der Waals surface area contributed by atoms with E-state index in [1.165, 1.54) is 21.9 Å². The van der Waals surface area contributed by atoms with Gasteiger partial charge in [0, 0.05) is 34.7 Å². The Morgan fingerprint density at radius 3 is 1.61 bits per heavy atom. The molecule has 0 radical (unpaired) electrons. The predicted octanol–water partition coefficient (Wildman–Crippen LogP) is 9.31. The number of anilines is 1. The van der Waals surface area contributed by atoms with Crippen LogP contribution in [0.3, 0.4) is 0 Å². The minimum Gasteiger partial charge on any atom is -0.481 e. The maximum Gasteiger partial charge on any atom is 0.309 e. The highest BCUT2D eigenvalue weighted by Gasteiger charge is 2.50. The van der Waals surface area contributed by atoms with Crippen molar-refractivity contribution in [3.05, 3.63) is 120 Å². The maximum atomic E-state index is 12.1. The quantitative estimate of drug-likeness (QED) is 0.133. The van der Waals surface area contributed by atoms with Crippen LogP contribution in [-0.2, 0) is 20.4 Å². The molecule has 0 fully saturated rings. The molecule has 0 aromatic heterocycles. The van der Waals surface area contributed by atoms with E-state index in [-0.39, 0.29) is 12.8 Å². The topological polar surface area (TPSA) is 80.9 Å². The largest absolute Gasteiger partial charge is 0.481 e. The van der Waals surface area contributed by atoms with Crippen LogP contribution in [0.25, 0.3) is 43.1 Å². The molecule has 6 aromatic rings. The highest BCUT2D eigenvalue weighted by molar-refractivity contribution is 6.20. The monoisotopic (exact) mass is 647 g/mol. The van der Waals surface area contributed by atoms with E-state index in [4.69, 9.17) is 0 Å². The first-order valence-corrected chi connectivity index (χ1v) is 17.0. The zero-order valence-corrected chi connectivity index (χ0v) is 28.2. The molecule has 0 amide bonds. The SMILES string of the molecule is CC1(C)C(=CC2=[N+](CCC(=O)O)c3c(c4ccccc4c4ccccc34)C2(C)C)N(CCC(=O)O)c2c1c1ccccc1c1ccccc21. The minimum absolute atomic E-state index is 0.0228. The van der Waals surface area contributed by atoms with Gasteiger partial charge >= 0.3 is 11.9 Å². The van der Waals surface area contributed by atoms with Crippen LogP contribution in [0.15, 0.2) is 109 Å². The molecule has 0 unspecified atom stereocenters. The van der Waals surface area contributed by atoms with Crippen molar-refractivity contribution < 1.29 is 24.4 Å². The molecule has 0 spiro atoms. The maximum absolute atomic E-state index is 12.1. The van der Waals surface area contributed by atoms with Crippen LogP contribution in [0.4, 0.5) is 11.4 Å². The third-order valence-corrected chi connectivity index (χ3v) is 10.8. The molecular weight excluding hydrogens is 608 g/mol. The van der Waals surface area contributed by atoms with E-state index in [9.17, 15) is 19.8 Å². The average molecular weight is 648 g/mol. The Labute approximate surface area is 285 Å². The molecule has 6 aromatic carbocycles. The Hall–Kier alpha value is -5.49. The van der Waals surface area contributed by atoms with Gasteiger partial charge in [-0.1, -0.05) is 105 Å². The van der Waals surface area contributed by atoms with Gasteiger partial charge in [0.05, 0.1) is 22.9 Å². The first kappa shape index (κ1) is 30.8. The number of hydrogen-bond acceptors (Lipinski definition) is 3. The first-order chi connectivity index (χ1) is 23.5. The van der Waals surface area contributed by atoms with Gasteiger partial charge in [0.15, 0.2) is 12.3 Å². The average Bonchev–Trinajstić information content (AvgIpc) is 3.45. The van der Waals surface area contributed by atoms with Gasteiger partial charge < -0.3 is 15.1 Å². The number of rotatable bonds is 7. The fraction of sp³-hybridized carbons (Fsp3) is 0.233. The lowest BCUT2D eigenvalue weighted by atomic mass is 9.75. The normalized spacial score (nSPS) is 17.1. The Kier molecular flexibility index (Phi) is 6.93. The smallest absolute Gasteiger partial charge is 0.309 e. The van der Waals surface area contributed by atoms with Crippen LogP contribution in [0.2, 0.25) is 0 Å². The van der Waals surface area contributed by atoms with E-state index in [0.29, 0.717) is 13.1 Å². The van der Waals surface area contributed by atoms with Crippen LogP contribution in [0.5, 0.6) is 0 Å². The van der Waals surface area contributed by atoms with Gasteiger partial charge in [0.25, 0.3) is 0 Å². The van der Waals surface area contributed by atoms with Gasteiger partial charge in [-0.15, -0.1) is 0 Å². The summed E-state index contributed by atoms with van der Waals surface area (Å²) >= 11 is 0. The van der Waals surface area contributed by atoms with Gasteiger partial charge in [0.2, 0.25) is 5.69 Å². The molecule has 2 N–H and O–H groups in total. The second-order valence-electron chi connectivity index (χ2n) is 14.4. The summed E-state index contributed by atoms with van der Waals surface area (Å²) in [6.07, 6.45) is 2.22. The van der Waals surface area contributed by atoms with Crippen LogP contribution in [0.1, 0.15) is 51.7 Å². The lowest BCUT2D eigenvalue weighted by Crippen LogP contribution is -2.34. The van der Waals surface area contributed by atoms with E-state index in [1.807, 2.05) is 0 Å². The number of carboxylic acid groups (broad SMARTS) is 2. The molecule has 244 valence electrons. The number of carbonyl (C=O) groups is 2. The van der Waals surface area contributed by atoms with Crippen molar-refractivity contribution in [2.75, 3.05) is 18.0 Å². The van der Waals surface area contributed by atoms with E-state index in [1.54, 1.807) is 0 Å². The molecule has 0 aliphatic carbocycles. The third-order valence-electron chi connectivity index (χ3n) is 10.8. The van der Waals surface area contributed by atoms with Crippen molar-refractivity contribution in [1.29, 1.82) is 0 Å². The van der Waals surface area contributed by atoms with E-state index >= 15 is 0 Å². The zero-order chi connectivity index (χ0) is 34.2. The number of carboxylic acids is 2. The Balaban J connectivity index is 1.47. The molecule has 0 bridgehead atoms. The Bertz CT molecular complexity index is 2470. The van der Waals surface area contributed by atoms with Gasteiger partial charge in [-0.25, -0.2) is 0 Å². The lowest BCUT2D eigenvalue weighted by molar-refractivity contribution is -0.435. The molecular formula is C43H39N2O4+. The molecule has 49 heavy (non-hydrogen) atoms. The van der Waals surface area contributed by atoms with Crippen LogP contribution in [0, 0.1) is 0 Å². The summed E-state index contributed by atoms with van der Waals surface area (Å²) in [5, 5.41) is 29.0. The molecule has 8 rings (SSSR count). The molecule has 6 nitrogen and oxygen atoms in total. The second kappa shape index (κ2) is 11.0. The van der Waals surface area contributed by atoms with Crippen LogP contribution in [-0.4, -0.2) is 45.5 Å². The highest BCUT2D eigenvalue weighted by atomic mass is 16.4. The minimum atomic E-state index is -0.849. The summed E-state index contributed by atoms with van der Waals surface area (Å²) in [5.74, 6) is -1.70. The number of hydrogen-bond donors (Lipinski definition) is 2. The van der Waals surface area contributed by atoms with Gasteiger partial charge in [-0.05, 0) is 57.8 Å². The zero-order valence-electron chi connectivity index (χ0n) is 28.2. The molecule has 0 saturated heterocycles. The Morgan fingerprint density at radius 2 is 1.06 bits per heavy atom. The standard InChI is InChI=1S/C43H38N2O4/c1-42(2)34(44(23-21-36(46)47)40-32-19-11-7-15-28(32)26-13-5-9-17-30(26)38(40)42)25-35-43(3,4)39-31-18-10-6-14-27(31)29-16-8-12-20-33(29)41(39)45(35)24-22-37(48)49/h5-20,25H,21-24H2,1-4H3,(H-,46,47,48,49)/p+1. The Morgan fingerprint density at radius 1 is 0.612 bits per heavy atom. The number of nitrogens with zero attached hydrogens (tertiary/aromatic N) is 2. The molecule has 0 saturated carbocycles. The van der Waals surface area contributed by atoms with E-state index in [0.717, 1.165) is 55.1 Å². The molecule has 2 aliphatic heterocycles. The predicted molar refractivity (Wildman–Crippen MR) is 199 cm³/mol. The van der Waals surface area contributed by atoms with Crippen molar-refractivity contribution in [3.63, 3.8) is 0 Å². The fourth-order valence-corrected chi connectivity index (χ4v) is 8.77. The number of benzene rings is 6. The summed E-state index contributed by atoms with van der Waals surface area (Å²) in [5.41, 5.74) is 5.48. The van der Waals surface area contributed by atoms with Crippen molar-refractivity contribution in [2.24, 2.45) is 0 Å². The van der Waals surface area contributed by atoms with Crippen LogP contribution >= 0.6 is 0 Å².